The number of benzene rings is 20. The molecule has 0 radical (unpaired) electrons. The molecule has 548 valence electrons. The average Bonchev–Trinajstić information content (AvgIpc) is 1.55. The van der Waals surface area contributed by atoms with E-state index in [1.807, 2.05) is 0 Å². The van der Waals surface area contributed by atoms with Crippen LogP contribution in [-0.4, -0.2) is 29.1 Å². The second-order valence-corrected chi connectivity index (χ2v) is 30.6. The number of rotatable bonds is 10. The lowest BCUT2D eigenvalue weighted by atomic mass is 9.97. The minimum absolute atomic E-state index is 0.707. The number of fused-ring (bicyclic) bond motifs is 18. The van der Waals surface area contributed by atoms with Crippen molar-refractivity contribution in [3.8, 4) is 101 Å². The van der Waals surface area contributed by atoms with Gasteiger partial charge in [-0.1, -0.05) is 358 Å². The normalized spacial score (nSPS) is 11.7. The summed E-state index contributed by atoms with van der Waals surface area (Å²) in [4.78, 5) is 21.3. The molecular formula is C112H70N6. The van der Waals surface area contributed by atoms with Crippen molar-refractivity contribution in [2.45, 2.75) is 0 Å². The van der Waals surface area contributed by atoms with Gasteiger partial charge >= 0.3 is 0 Å². The molecule has 0 aliphatic rings. The zero-order valence-corrected chi connectivity index (χ0v) is 64.1. The van der Waals surface area contributed by atoms with Crippen LogP contribution in [0.3, 0.4) is 0 Å². The Kier molecular flexibility index (Phi) is 16.2. The highest BCUT2D eigenvalue weighted by molar-refractivity contribution is 6.30. The quantitative estimate of drug-likeness (QED) is 0.137. The molecule has 0 N–H and O–H groups in total. The molecule has 0 unspecified atom stereocenters. The van der Waals surface area contributed by atoms with E-state index in [4.69, 9.17) is 19.9 Å². The molecule has 0 bridgehead atoms. The van der Waals surface area contributed by atoms with Crippen molar-refractivity contribution in [2.75, 3.05) is 0 Å². The summed E-state index contributed by atoms with van der Waals surface area (Å²) in [7, 11) is 0. The summed E-state index contributed by atoms with van der Waals surface area (Å²) in [5.41, 5.74) is 24.3. The minimum atomic E-state index is 0.707. The number of hydrogen-bond acceptors (Lipinski definition) is 4. The zero-order chi connectivity index (χ0) is 77.7. The third-order valence-electron chi connectivity index (χ3n) is 24.0. The van der Waals surface area contributed by atoms with Crippen LogP contribution in [0, 0.1) is 0 Å². The second kappa shape index (κ2) is 28.1. The molecule has 4 aromatic heterocycles. The van der Waals surface area contributed by atoms with Crippen LogP contribution < -0.4 is 0 Å². The number of aromatic nitrogens is 6. The van der Waals surface area contributed by atoms with Crippen molar-refractivity contribution in [3.05, 3.63) is 425 Å². The van der Waals surface area contributed by atoms with Crippen molar-refractivity contribution >= 4 is 130 Å². The number of para-hydroxylation sites is 2. The summed E-state index contributed by atoms with van der Waals surface area (Å²) >= 11 is 0. The highest BCUT2D eigenvalue weighted by Crippen LogP contribution is 2.47. The van der Waals surface area contributed by atoms with Gasteiger partial charge in [0.15, 0.2) is 11.6 Å². The van der Waals surface area contributed by atoms with Crippen LogP contribution in [0.4, 0.5) is 0 Å². The van der Waals surface area contributed by atoms with Gasteiger partial charge in [0.25, 0.3) is 0 Å². The highest BCUT2D eigenvalue weighted by Gasteiger charge is 2.25. The van der Waals surface area contributed by atoms with Crippen LogP contribution >= 0.6 is 0 Å². The van der Waals surface area contributed by atoms with E-state index in [-0.39, 0.29) is 0 Å². The van der Waals surface area contributed by atoms with Crippen molar-refractivity contribution in [1.82, 2.24) is 29.1 Å². The molecule has 118 heavy (non-hydrogen) atoms. The lowest BCUT2D eigenvalue weighted by Gasteiger charge is -2.16. The van der Waals surface area contributed by atoms with Gasteiger partial charge in [0.05, 0.1) is 55.9 Å². The summed E-state index contributed by atoms with van der Waals surface area (Å²) in [5.74, 6) is 1.42. The van der Waals surface area contributed by atoms with Gasteiger partial charge in [-0.2, -0.15) is 0 Å². The SMILES string of the molecule is c1ccc(-c2ccc(-c3ccc(-c4nc(-c5ccc(-n6c7ccc8ccccc8c7c7c8ccccc8ccc76)c6ccccc56)nc5ccccc45)cc3)cc2)cc1.c1ccc(-c2ccc(-c3cccc(-c4nc(-c5ccc(-n6c7ccc8ccccc8c7c7c8ccccc8ccc76)c6ccccc56)nc5ccccc45)c3)cc2)cc1. The molecule has 0 amide bonds. The van der Waals surface area contributed by atoms with Gasteiger partial charge in [0.1, 0.15) is 0 Å². The topological polar surface area (TPSA) is 61.4 Å². The second-order valence-electron chi connectivity index (χ2n) is 30.6. The Bertz CT molecular complexity index is 7960. The van der Waals surface area contributed by atoms with E-state index in [0.717, 1.165) is 99.5 Å². The molecule has 0 saturated carbocycles. The molecule has 0 spiro atoms. The van der Waals surface area contributed by atoms with Crippen LogP contribution in [-0.2, 0) is 0 Å². The Morgan fingerprint density at radius 3 is 0.805 bits per heavy atom. The summed E-state index contributed by atoms with van der Waals surface area (Å²) in [6.07, 6.45) is 0. The highest BCUT2D eigenvalue weighted by atomic mass is 15.0. The Hall–Kier alpha value is -15.8. The van der Waals surface area contributed by atoms with Gasteiger partial charge in [-0.15, -0.1) is 0 Å². The summed E-state index contributed by atoms with van der Waals surface area (Å²) in [6, 6.07) is 152. The molecule has 0 aliphatic heterocycles. The van der Waals surface area contributed by atoms with Crippen LogP contribution in [0.2, 0.25) is 0 Å². The molecular weight excluding hydrogens is 1430 g/mol. The fraction of sp³-hybridized carbons (Fsp3) is 0. The minimum Gasteiger partial charge on any atom is -0.309 e. The smallest absolute Gasteiger partial charge is 0.161 e. The Labute approximate surface area is 680 Å². The number of hydrogen-bond donors (Lipinski definition) is 0. The average molecular weight is 1500 g/mol. The van der Waals surface area contributed by atoms with Crippen molar-refractivity contribution in [2.24, 2.45) is 0 Å². The molecule has 6 heteroatoms. The van der Waals surface area contributed by atoms with E-state index in [0.29, 0.717) is 11.6 Å². The van der Waals surface area contributed by atoms with Crippen LogP contribution in [0.5, 0.6) is 0 Å². The standard InChI is InChI=1S/2C56H35N3/c1-2-13-36(14-3-1)37-25-27-38(28-26-37)41-17-12-18-42(35-41)55-48-23-10-11-24-49(48)57-56(58-55)47-31-34-50(46-22-9-8-21-45(46)47)59-51-32-29-39-15-4-6-19-43(39)53(51)54-44-20-7-5-16-40(44)30-33-52(54)59;1-2-12-36(13-3-1)37-22-24-38(25-23-37)39-26-28-42(29-27-39)55-48-20-10-11-21-49(48)57-56(58-55)47-32-35-50(46-19-9-8-18-45(46)47)59-51-33-30-40-14-4-6-16-43(40)53(51)54-44-17-7-5-15-41(44)31-34-52(54)59/h2*1-35H. The van der Waals surface area contributed by atoms with E-state index in [1.54, 1.807) is 0 Å². The molecule has 4 heterocycles. The predicted octanol–water partition coefficient (Wildman–Crippen LogP) is 29.7. The van der Waals surface area contributed by atoms with Gasteiger partial charge in [-0.3, -0.25) is 0 Å². The zero-order valence-electron chi connectivity index (χ0n) is 64.1. The van der Waals surface area contributed by atoms with Crippen LogP contribution in [0.25, 0.3) is 231 Å². The van der Waals surface area contributed by atoms with Gasteiger partial charge in [-0.05, 0) is 165 Å². The van der Waals surface area contributed by atoms with Gasteiger partial charge in [0.2, 0.25) is 0 Å². The Morgan fingerprint density at radius 2 is 0.432 bits per heavy atom. The third-order valence-corrected chi connectivity index (χ3v) is 24.0. The maximum Gasteiger partial charge on any atom is 0.161 e. The fourth-order valence-electron chi connectivity index (χ4n) is 18.4. The fourth-order valence-corrected chi connectivity index (χ4v) is 18.4. The summed E-state index contributed by atoms with van der Waals surface area (Å²) in [5, 5.41) is 21.7. The Morgan fingerprint density at radius 1 is 0.161 bits per heavy atom. The van der Waals surface area contributed by atoms with Crippen LogP contribution in [0.1, 0.15) is 0 Å². The first-order valence-electron chi connectivity index (χ1n) is 40.3. The first-order chi connectivity index (χ1) is 58.5. The lowest BCUT2D eigenvalue weighted by Crippen LogP contribution is -1.99. The molecule has 24 rings (SSSR count). The van der Waals surface area contributed by atoms with Gasteiger partial charge in [0, 0.05) is 65.3 Å². The summed E-state index contributed by atoms with van der Waals surface area (Å²) in [6.45, 7) is 0. The van der Waals surface area contributed by atoms with E-state index < -0.39 is 0 Å². The van der Waals surface area contributed by atoms with E-state index >= 15 is 0 Å². The van der Waals surface area contributed by atoms with Crippen molar-refractivity contribution in [3.63, 3.8) is 0 Å². The van der Waals surface area contributed by atoms with Crippen molar-refractivity contribution < 1.29 is 0 Å². The monoisotopic (exact) mass is 1500 g/mol. The third kappa shape index (κ3) is 11.4. The molecule has 6 nitrogen and oxygen atoms in total. The maximum atomic E-state index is 5.42. The van der Waals surface area contributed by atoms with Gasteiger partial charge in [-0.25, -0.2) is 19.9 Å². The van der Waals surface area contributed by atoms with E-state index in [9.17, 15) is 0 Å². The molecule has 0 saturated heterocycles. The maximum absolute atomic E-state index is 5.42. The molecule has 24 aromatic rings. The molecule has 20 aromatic carbocycles. The van der Waals surface area contributed by atoms with E-state index in [1.165, 1.54) is 120 Å². The largest absolute Gasteiger partial charge is 0.309 e. The van der Waals surface area contributed by atoms with Crippen LogP contribution in [0.15, 0.2) is 425 Å². The lowest BCUT2D eigenvalue weighted by molar-refractivity contribution is 1.19. The molecule has 0 fully saturated rings. The first-order valence-corrected chi connectivity index (χ1v) is 40.3. The summed E-state index contributed by atoms with van der Waals surface area (Å²) < 4.78 is 4.92. The van der Waals surface area contributed by atoms with Crippen molar-refractivity contribution in [1.29, 1.82) is 0 Å². The molecule has 0 atom stereocenters. The van der Waals surface area contributed by atoms with E-state index in [2.05, 4.69) is 434 Å². The van der Waals surface area contributed by atoms with Gasteiger partial charge < -0.3 is 9.13 Å². The molecule has 0 aliphatic carbocycles. The Balaban J connectivity index is 0.000000138. The predicted molar refractivity (Wildman–Crippen MR) is 496 cm³/mol. The number of nitrogens with zero attached hydrogens (tertiary/aromatic N) is 6. The first kappa shape index (κ1) is 67.9.